The van der Waals surface area contributed by atoms with Gasteiger partial charge in [-0.3, -0.25) is 15.1 Å². The Hall–Kier alpha value is -1.91. The molecule has 5 nitrogen and oxygen atoms in total. The number of hydrogen-bond donors (Lipinski definition) is 1. The second-order valence-corrected chi connectivity index (χ2v) is 5.08. The van der Waals surface area contributed by atoms with Crippen LogP contribution in [-0.2, 0) is 6.42 Å². The zero-order chi connectivity index (χ0) is 15.0. The van der Waals surface area contributed by atoms with E-state index in [1.807, 2.05) is 0 Å². The normalized spacial score (nSPS) is 11.7. The van der Waals surface area contributed by atoms with Crippen molar-refractivity contribution in [1.82, 2.24) is 5.32 Å². The highest BCUT2D eigenvalue weighted by molar-refractivity contribution is 5.84. The summed E-state index contributed by atoms with van der Waals surface area (Å²) in [4.78, 5) is 14.8. The molecule has 1 N–H and O–H groups in total. The van der Waals surface area contributed by atoms with Crippen LogP contribution in [0.2, 0.25) is 0 Å². The molecular weight excluding hydrogens is 254 g/mol. The molecule has 0 heterocycles. The van der Waals surface area contributed by atoms with Crippen LogP contribution < -0.4 is 5.32 Å². The third-order valence-electron chi connectivity index (χ3n) is 2.79. The Kier molecular flexibility index (Phi) is 6.70. The first-order chi connectivity index (χ1) is 9.52. The number of hydrogen-bond acceptors (Lipinski definition) is 3. The fourth-order valence-corrected chi connectivity index (χ4v) is 1.79. The lowest BCUT2D eigenvalue weighted by Gasteiger charge is -2.13. The fourth-order valence-electron chi connectivity index (χ4n) is 1.79. The maximum absolute atomic E-state index is 10.6. The van der Waals surface area contributed by atoms with Gasteiger partial charge in [0.25, 0.3) is 5.69 Å². The van der Waals surface area contributed by atoms with Gasteiger partial charge >= 0.3 is 0 Å². The number of nitrogens with one attached hydrogen (secondary N) is 1. The van der Waals surface area contributed by atoms with Crippen LogP contribution >= 0.6 is 0 Å². The maximum atomic E-state index is 10.6. The van der Waals surface area contributed by atoms with Crippen molar-refractivity contribution >= 4 is 11.5 Å². The summed E-state index contributed by atoms with van der Waals surface area (Å²) in [5.41, 5.74) is 1.15. The molecule has 0 amide bonds. The maximum Gasteiger partial charge on any atom is 0.269 e. The topological polar surface area (TPSA) is 67.5 Å². The molecule has 20 heavy (non-hydrogen) atoms. The van der Waals surface area contributed by atoms with Gasteiger partial charge < -0.3 is 5.32 Å². The monoisotopic (exact) mass is 277 g/mol. The summed E-state index contributed by atoms with van der Waals surface area (Å²) >= 11 is 0. The molecule has 0 atom stereocenters. The number of benzene rings is 1. The fraction of sp³-hybridized carbons (Fsp3) is 0.533. The molecule has 0 aromatic heterocycles. The van der Waals surface area contributed by atoms with E-state index in [0.717, 1.165) is 30.8 Å². The van der Waals surface area contributed by atoms with E-state index in [0.29, 0.717) is 12.5 Å². The average molecular weight is 277 g/mol. The van der Waals surface area contributed by atoms with Crippen molar-refractivity contribution < 1.29 is 4.92 Å². The SMILES string of the molecule is CCCCN=C(Cc1ccc([N+](=O)[O-])cc1)NC(C)C. The Morgan fingerprint density at radius 1 is 1.35 bits per heavy atom. The number of nitro benzene ring substituents is 1. The molecule has 1 rings (SSSR count). The van der Waals surface area contributed by atoms with E-state index in [-0.39, 0.29) is 10.6 Å². The van der Waals surface area contributed by atoms with Gasteiger partial charge in [0.2, 0.25) is 0 Å². The summed E-state index contributed by atoms with van der Waals surface area (Å²) < 4.78 is 0. The van der Waals surface area contributed by atoms with Crippen molar-refractivity contribution in [2.24, 2.45) is 4.99 Å². The standard InChI is InChI=1S/C15H23N3O2/c1-4-5-10-16-15(17-12(2)3)11-13-6-8-14(9-7-13)18(19)20/h6-9,12H,4-5,10-11H2,1-3H3,(H,16,17). The third-order valence-corrected chi connectivity index (χ3v) is 2.79. The van der Waals surface area contributed by atoms with Crippen LogP contribution in [0.5, 0.6) is 0 Å². The Balaban J connectivity index is 2.72. The number of amidine groups is 1. The van der Waals surface area contributed by atoms with Gasteiger partial charge in [-0.15, -0.1) is 0 Å². The first-order valence-electron chi connectivity index (χ1n) is 7.06. The third kappa shape index (κ3) is 5.82. The van der Waals surface area contributed by atoms with E-state index in [4.69, 9.17) is 0 Å². The second kappa shape index (κ2) is 8.30. The summed E-state index contributed by atoms with van der Waals surface area (Å²) in [5.74, 6) is 0.947. The number of nitrogens with zero attached hydrogens (tertiary/aromatic N) is 2. The Bertz CT molecular complexity index is 453. The summed E-state index contributed by atoms with van der Waals surface area (Å²) in [6.45, 7) is 7.11. The van der Waals surface area contributed by atoms with Crippen molar-refractivity contribution in [3.05, 3.63) is 39.9 Å². The molecule has 110 valence electrons. The van der Waals surface area contributed by atoms with Crippen LogP contribution in [0.4, 0.5) is 5.69 Å². The molecule has 1 aromatic carbocycles. The Morgan fingerprint density at radius 3 is 2.50 bits per heavy atom. The highest BCUT2D eigenvalue weighted by Crippen LogP contribution is 2.12. The van der Waals surface area contributed by atoms with Gasteiger partial charge in [0.05, 0.1) is 4.92 Å². The summed E-state index contributed by atoms with van der Waals surface area (Å²) in [6, 6.07) is 6.97. The zero-order valence-corrected chi connectivity index (χ0v) is 12.4. The van der Waals surface area contributed by atoms with E-state index in [9.17, 15) is 10.1 Å². The highest BCUT2D eigenvalue weighted by atomic mass is 16.6. The van der Waals surface area contributed by atoms with E-state index < -0.39 is 0 Å². The lowest BCUT2D eigenvalue weighted by molar-refractivity contribution is -0.384. The minimum Gasteiger partial charge on any atom is -0.371 e. The first kappa shape index (κ1) is 16.1. The molecule has 1 aromatic rings. The van der Waals surface area contributed by atoms with E-state index >= 15 is 0 Å². The minimum atomic E-state index is -0.383. The molecule has 0 fully saturated rings. The lowest BCUT2D eigenvalue weighted by atomic mass is 10.1. The average Bonchev–Trinajstić information content (AvgIpc) is 2.38. The van der Waals surface area contributed by atoms with Gasteiger partial charge in [0, 0.05) is 31.1 Å². The van der Waals surface area contributed by atoms with Gasteiger partial charge in [-0.25, -0.2) is 0 Å². The molecule has 0 bridgehead atoms. The van der Waals surface area contributed by atoms with Crippen molar-refractivity contribution in [1.29, 1.82) is 0 Å². The molecule has 0 aliphatic rings. The van der Waals surface area contributed by atoms with Crippen LogP contribution in [0.15, 0.2) is 29.3 Å². The van der Waals surface area contributed by atoms with Crippen molar-refractivity contribution in [2.45, 2.75) is 46.1 Å². The van der Waals surface area contributed by atoms with E-state index in [2.05, 4.69) is 31.1 Å². The molecular formula is C15H23N3O2. The molecule has 0 aliphatic heterocycles. The van der Waals surface area contributed by atoms with Crippen molar-refractivity contribution in [3.8, 4) is 0 Å². The predicted molar refractivity (Wildman–Crippen MR) is 82.3 cm³/mol. The smallest absolute Gasteiger partial charge is 0.269 e. The van der Waals surface area contributed by atoms with E-state index in [1.54, 1.807) is 12.1 Å². The summed E-state index contributed by atoms with van der Waals surface area (Å²) in [6.07, 6.45) is 2.87. The highest BCUT2D eigenvalue weighted by Gasteiger charge is 2.07. The van der Waals surface area contributed by atoms with Crippen LogP contribution in [0.3, 0.4) is 0 Å². The Morgan fingerprint density at radius 2 is 2.00 bits per heavy atom. The molecule has 0 saturated heterocycles. The van der Waals surface area contributed by atoms with Crippen LogP contribution in [0.1, 0.15) is 39.2 Å². The first-order valence-corrected chi connectivity index (χ1v) is 7.06. The van der Waals surface area contributed by atoms with Gasteiger partial charge in [-0.05, 0) is 25.8 Å². The number of non-ortho nitro benzene ring substituents is 1. The zero-order valence-electron chi connectivity index (χ0n) is 12.4. The van der Waals surface area contributed by atoms with Crippen LogP contribution in [-0.4, -0.2) is 23.3 Å². The predicted octanol–water partition coefficient (Wildman–Crippen LogP) is 3.33. The molecule has 0 saturated carbocycles. The molecule has 0 radical (unpaired) electrons. The van der Waals surface area contributed by atoms with Crippen molar-refractivity contribution in [2.75, 3.05) is 6.54 Å². The van der Waals surface area contributed by atoms with Gasteiger partial charge in [-0.1, -0.05) is 25.5 Å². The largest absolute Gasteiger partial charge is 0.371 e. The van der Waals surface area contributed by atoms with E-state index in [1.165, 1.54) is 12.1 Å². The number of unbranched alkanes of at least 4 members (excludes halogenated alkanes) is 1. The Labute approximate surface area is 120 Å². The summed E-state index contributed by atoms with van der Waals surface area (Å²) in [7, 11) is 0. The van der Waals surface area contributed by atoms with Crippen molar-refractivity contribution in [3.63, 3.8) is 0 Å². The van der Waals surface area contributed by atoms with Crippen LogP contribution in [0.25, 0.3) is 0 Å². The second-order valence-electron chi connectivity index (χ2n) is 5.08. The quantitative estimate of drug-likeness (QED) is 0.273. The van der Waals surface area contributed by atoms with Gasteiger partial charge in [0.1, 0.15) is 5.84 Å². The molecule has 0 unspecified atom stereocenters. The molecule has 0 aliphatic carbocycles. The number of nitro groups is 1. The van der Waals surface area contributed by atoms with Gasteiger partial charge in [0.15, 0.2) is 0 Å². The molecule has 5 heteroatoms. The molecule has 0 spiro atoms. The van der Waals surface area contributed by atoms with Crippen LogP contribution in [0, 0.1) is 10.1 Å². The number of rotatable bonds is 7. The summed E-state index contributed by atoms with van der Waals surface area (Å²) in [5, 5.41) is 14.0. The lowest BCUT2D eigenvalue weighted by Crippen LogP contribution is -2.32. The van der Waals surface area contributed by atoms with Gasteiger partial charge in [-0.2, -0.15) is 0 Å². The number of aliphatic imine (C=N–C) groups is 1. The minimum absolute atomic E-state index is 0.120.